The lowest BCUT2D eigenvalue weighted by atomic mass is 10.1. The summed E-state index contributed by atoms with van der Waals surface area (Å²) in [6.45, 7) is 3.01. The molecule has 0 unspecified atom stereocenters. The molecule has 142 valence electrons. The number of carbonyl (C=O) groups is 2. The van der Waals surface area contributed by atoms with Crippen LogP contribution in [-0.2, 0) is 11.3 Å². The van der Waals surface area contributed by atoms with Crippen molar-refractivity contribution in [1.29, 1.82) is 0 Å². The minimum Gasteiger partial charge on any atom is -0.340 e. The third-order valence-corrected chi connectivity index (χ3v) is 4.81. The highest BCUT2D eigenvalue weighted by atomic mass is 19.1. The zero-order valence-electron chi connectivity index (χ0n) is 15.0. The topological polar surface area (TPSA) is 40.6 Å². The van der Waals surface area contributed by atoms with E-state index in [4.69, 9.17) is 0 Å². The van der Waals surface area contributed by atoms with E-state index in [-0.39, 0.29) is 30.3 Å². The summed E-state index contributed by atoms with van der Waals surface area (Å²) >= 11 is 0. The van der Waals surface area contributed by atoms with Crippen LogP contribution in [-0.4, -0.2) is 47.7 Å². The van der Waals surface area contributed by atoms with Gasteiger partial charge in [-0.05, 0) is 30.3 Å². The maximum Gasteiger partial charge on any atom is 0.223 e. The summed E-state index contributed by atoms with van der Waals surface area (Å²) in [6, 6.07) is 12.1. The van der Waals surface area contributed by atoms with E-state index in [1.165, 1.54) is 30.3 Å². The van der Waals surface area contributed by atoms with Gasteiger partial charge in [0.05, 0.1) is 0 Å². The molecule has 27 heavy (non-hydrogen) atoms. The number of ketones is 1. The SMILES string of the molecule is O=C(CCC(=O)N1CCN(Cc2ccccc2F)CC1)c1ccc(F)cc1. The van der Waals surface area contributed by atoms with Crippen LogP contribution in [0.4, 0.5) is 8.78 Å². The summed E-state index contributed by atoms with van der Waals surface area (Å²) in [5.41, 5.74) is 1.07. The molecule has 0 atom stereocenters. The van der Waals surface area contributed by atoms with Crippen molar-refractivity contribution in [1.82, 2.24) is 9.80 Å². The Morgan fingerprint density at radius 1 is 0.852 bits per heavy atom. The van der Waals surface area contributed by atoms with E-state index in [0.29, 0.717) is 43.9 Å². The van der Waals surface area contributed by atoms with Crippen LogP contribution >= 0.6 is 0 Å². The van der Waals surface area contributed by atoms with Gasteiger partial charge >= 0.3 is 0 Å². The number of carbonyl (C=O) groups excluding carboxylic acids is 2. The molecular weight excluding hydrogens is 350 g/mol. The molecule has 2 aromatic carbocycles. The lowest BCUT2D eigenvalue weighted by molar-refractivity contribution is -0.133. The molecule has 0 bridgehead atoms. The van der Waals surface area contributed by atoms with Crippen LogP contribution in [0.15, 0.2) is 48.5 Å². The summed E-state index contributed by atoms with van der Waals surface area (Å²) < 4.78 is 26.6. The molecule has 0 saturated carbocycles. The summed E-state index contributed by atoms with van der Waals surface area (Å²) in [4.78, 5) is 28.3. The Bertz CT molecular complexity index is 800. The van der Waals surface area contributed by atoms with Gasteiger partial charge in [-0.25, -0.2) is 8.78 Å². The standard InChI is InChI=1S/C21H22F2N2O2/c22-18-7-5-16(6-8-18)20(26)9-10-21(27)25-13-11-24(12-14-25)15-17-3-1-2-4-19(17)23/h1-8H,9-15H2. The van der Waals surface area contributed by atoms with Crippen LogP contribution in [0.5, 0.6) is 0 Å². The van der Waals surface area contributed by atoms with Crippen LogP contribution in [0.2, 0.25) is 0 Å². The van der Waals surface area contributed by atoms with Crippen molar-refractivity contribution in [2.24, 2.45) is 0 Å². The first-order valence-electron chi connectivity index (χ1n) is 9.05. The molecule has 0 radical (unpaired) electrons. The second kappa shape index (κ2) is 8.86. The second-order valence-corrected chi connectivity index (χ2v) is 6.68. The van der Waals surface area contributed by atoms with Gasteiger partial charge in [-0.2, -0.15) is 0 Å². The van der Waals surface area contributed by atoms with E-state index < -0.39 is 5.82 Å². The number of hydrogen-bond acceptors (Lipinski definition) is 3. The molecule has 1 amide bonds. The molecule has 4 nitrogen and oxygen atoms in total. The molecule has 0 N–H and O–H groups in total. The van der Waals surface area contributed by atoms with Crippen LogP contribution < -0.4 is 0 Å². The highest BCUT2D eigenvalue weighted by Gasteiger charge is 2.22. The van der Waals surface area contributed by atoms with E-state index in [1.54, 1.807) is 17.0 Å². The van der Waals surface area contributed by atoms with Crippen LogP contribution in [0.3, 0.4) is 0 Å². The number of rotatable bonds is 6. The van der Waals surface area contributed by atoms with Crippen molar-refractivity contribution in [3.05, 3.63) is 71.3 Å². The summed E-state index contributed by atoms with van der Waals surface area (Å²) in [6.07, 6.45) is 0.253. The molecule has 0 aliphatic carbocycles. The third kappa shape index (κ3) is 5.20. The average Bonchev–Trinajstić information content (AvgIpc) is 2.69. The number of Topliss-reactive ketones (excluding diaryl/α,β-unsaturated/α-hetero) is 1. The Balaban J connectivity index is 1.44. The molecule has 1 fully saturated rings. The van der Waals surface area contributed by atoms with Crippen molar-refractivity contribution >= 4 is 11.7 Å². The Kier molecular flexibility index (Phi) is 6.29. The minimum absolute atomic E-state index is 0.0593. The molecule has 1 aliphatic heterocycles. The fourth-order valence-electron chi connectivity index (χ4n) is 3.18. The number of amides is 1. The van der Waals surface area contributed by atoms with Crippen LogP contribution in [0.1, 0.15) is 28.8 Å². The van der Waals surface area contributed by atoms with Crippen molar-refractivity contribution in [3.63, 3.8) is 0 Å². The van der Waals surface area contributed by atoms with E-state index in [9.17, 15) is 18.4 Å². The van der Waals surface area contributed by atoms with E-state index >= 15 is 0 Å². The van der Waals surface area contributed by atoms with Gasteiger partial charge in [0.1, 0.15) is 11.6 Å². The molecule has 6 heteroatoms. The predicted octanol–water partition coefficient (Wildman–Crippen LogP) is 3.27. The monoisotopic (exact) mass is 372 g/mol. The molecule has 1 aliphatic rings. The number of piperazine rings is 1. The first-order chi connectivity index (χ1) is 13.0. The molecule has 1 saturated heterocycles. The predicted molar refractivity (Wildman–Crippen MR) is 98.2 cm³/mol. The zero-order valence-corrected chi connectivity index (χ0v) is 15.0. The Hall–Kier alpha value is -2.60. The first kappa shape index (κ1) is 19.2. The van der Waals surface area contributed by atoms with Crippen molar-refractivity contribution in [3.8, 4) is 0 Å². The lowest BCUT2D eigenvalue weighted by Gasteiger charge is -2.34. The first-order valence-corrected chi connectivity index (χ1v) is 9.05. The van der Waals surface area contributed by atoms with Crippen molar-refractivity contribution in [2.75, 3.05) is 26.2 Å². The molecule has 0 spiro atoms. The molecule has 1 heterocycles. The van der Waals surface area contributed by atoms with E-state index in [1.807, 2.05) is 6.07 Å². The Morgan fingerprint density at radius 3 is 2.19 bits per heavy atom. The fourth-order valence-corrected chi connectivity index (χ4v) is 3.18. The normalized spacial score (nSPS) is 15.0. The van der Waals surface area contributed by atoms with Crippen molar-refractivity contribution < 1.29 is 18.4 Å². The van der Waals surface area contributed by atoms with Gasteiger partial charge in [0.25, 0.3) is 0 Å². The smallest absolute Gasteiger partial charge is 0.223 e. The lowest BCUT2D eigenvalue weighted by Crippen LogP contribution is -2.48. The van der Waals surface area contributed by atoms with Gasteiger partial charge in [0.2, 0.25) is 5.91 Å². The fraction of sp³-hybridized carbons (Fsp3) is 0.333. The summed E-state index contributed by atoms with van der Waals surface area (Å²) in [7, 11) is 0. The van der Waals surface area contributed by atoms with Crippen molar-refractivity contribution in [2.45, 2.75) is 19.4 Å². The third-order valence-electron chi connectivity index (χ3n) is 4.81. The minimum atomic E-state index is -0.393. The van der Waals surface area contributed by atoms with Gasteiger partial charge in [-0.15, -0.1) is 0 Å². The second-order valence-electron chi connectivity index (χ2n) is 6.68. The average molecular weight is 372 g/mol. The molecule has 2 aromatic rings. The maximum absolute atomic E-state index is 13.7. The number of benzene rings is 2. The van der Waals surface area contributed by atoms with Crippen LogP contribution in [0, 0.1) is 11.6 Å². The van der Waals surface area contributed by atoms with E-state index in [2.05, 4.69) is 4.90 Å². The summed E-state index contributed by atoms with van der Waals surface area (Å²) in [5, 5.41) is 0. The highest BCUT2D eigenvalue weighted by Crippen LogP contribution is 2.14. The Morgan fingerprint density at radius 2 is 1.52 bits per heavy atom. The highest BCUT2D eigenvalue weighted by molar-refractivity contribution is 5.97. The van der Waals surface area contributed by atoms with Gasteiger partial charge in [-0.1, -0.05) is 18.2 Å². The Labute approximate surface area is 157 Å². The largest absolute Gasteiger partial charge is 0.340 e. The van der Waals surface area contributed by atoms with Gasteiger partial charge in [0, 0.05) is 56.7 Å². The zero-order chi connectivity index (χ0) is 19.2. The molecule has 0 aromatic heterocycles. The number of halogens is 2. The van der Waals surface area contributed by atoms with Crippen LogP contribution in [0.25, 0.3) is 0 Å². The maximum atomic E-state index is 13.7. The quantitative estimate of drug-likeness (QED) is 0.731. The van der Waals surface area contributed by atoms with E-state index in [0.717, 1.165) is 0 Å². The number of hydrogen-bond donors (Lipinski definition) is 0. The molecule has 3 rings (SSSR count). The van der Waals surface area contributed by atoms with Gasteiger partial charge < -0.3 is 4.90 Å². The number of nitrogens with zero attached hydrogens (tertiary/aromatic N) is 2. The molecular formula is C21H22F2N2O2. The van der Waals surface area contributed by atoms with Gasteiger partial charge in [0.15, 0.2) is 5.78 Å². The summed E-state index contributed by atoms with van der Waals surface area (Å²) in [5.74, 6) is -0.830. The van der Waals surface area contributed by atoms with Gasteiger partial charge in [-0.3, -0.25) is 14.5 Å².